The molecule has 2 aromatic rings. The van der Waals surface area contributed by atoms with E-state index in [0.717, 1.165) is 12.8 Å². The van der Waals surface area contributed by atoms with Gasteiger partial charge in [-0.05, 0) is 60.4 Å². The molecule has 1 aliphatic rings. The molecule has 1 fully saturated rings. The fraction of sp³-hybridized carbons (Fsp3) is 0.294. The summed E-state index contributed by atoms with van der Waals surface area (Å²) >= 11 is 0. The van der Waals surface area contributed by atoms with Gasteiger partial charge >= 0.3 is 0 Å². The predicted octanol–water partition coefficient (Wildman–Crippen LogP) is 4.05. The van der Waals surface area contributed by atoms with Gasteiger partial charge in [0.15, 0.2) is 0 Å². The molecule has 3 rings (SSSR count). The van der Waals surface area contributed by atoms with Crippen molar-refractivity contribution in [2.24, 2.45) is 0 Å². The predicted molar refractivity (Wildman–Crippen MR) is 73.9 cm³/mol. The van der Waals surface area contributed by atoms with Crippen LogP contribution in [0.3, 0.4) is 0 Å². The van der Waals surface area contributed by atoms with Gasteiger partial charge in [-0.25, -0.2) is 0 Å². The Morgan fingerprint density at radius 3 is 2.44 bits per heavy atom. The van der Waals surface area contributed by atoms with Gasteiger partial charge in [-0.1, -0.05) is 36.4 Å². The second-order valence-electron chi connectivity index (χ2n) is 5.14. The first-order valence-corrected chi connectivity index (χ1v) is 6.68. The van der Waals surface area contributed by atoms with Crippen molar-refractivity contribution in [3.63, 3.8) is 0 Å². The molecule has 1 aliphatic carbocycles. The SMILES string of the molecule is Oc1ccc(CCc2ccccc2)c(C2CC2)c1. The van der Waals surface area contributed by atoms with Gasteiger partial charge in [0.05, 0.1) is 0 Å². The highest BCUT2D eigenvalue weighted by Crippen LogP contribution is 2.43. The molecular formula is C17H18O. The van der Waals surface area contributed by atoms with Crippen molar-refractivity contribution >= 4 is 0 Å². The molecule has 0 bridgehead atoms. The van der Waals surface area contributed by atoms with Crippen molar-refractivity contribution in [1.82, 2.24) is 0 Å². The van der Waals surface area contributed by atoms with Crippen LogP contribution in [0.25, 0.3) is 0 Å². The highest BCUT2D eigenvalue weighted by atomic mass is 16.3. The average molecular weight is 238 g/mol. The van der Waals surface area contributed by atoms with Crippen LogP contribution in [0, 0.1) is 0 Å². The Balaban J connectivity index is 1.76. The van der Waals surface area contributed by atoms with E-state index in [-0.39, 0.29) is 0 Å². The maximum atomic E-state index is 9.60. The maximum absolute atomic E-state index is 9.60. The molecule has 18 heavy (non-hydrogen) atoms. The maximum Gasteiger partial charge on any atom is 0.115 e. The molecule has 1 heteroatoms. The summed E-state index contributed by atoms with van der Waals surface area (Å²) in [5, 5.41) is 9.60. The molecule has 0 spiro atoms. The molecule has 0 aliphatic heterocycles. The van der Waals surface area contributed by atoms with E-state index in [1.165, 1.54) is 29.5 Å². The Kier molecular flexibility index (Phi) is 3.06. The van der Waals surface area contributed by atoms with Crippen LogP contribution in [0.4, 0.5) is 0 Å². The summed E-state index contributed by atoms with van der Waals surface area (Å²) in [6, 6.07) is 16.5. The zero-order valence-corrected chi connectivity index (χ0v) is 10.5. The van der Waals surface area contributed by atoms with Crippen LogP contribution in [0.1, 0.15) is 35.4 Å². The molecule has 0 radical (unpaired) electrons. The highest BCUT2D eigenvalue weighted by molar-refractivity contribution is 5.39. The third-order valence-electron chi connectivity index (χ3n) is 3.67. The molecule has 0 aromatic heterocycles. The van der Waals surface area contributed by atoms with Crippen LogP contribution in [0.5, 0.6) is 5.75 Å². The zero-order valence-electron chi connectivity index (χ0n) is 10.5. The van der Waals surface area contributed by atoms with Crippen LogP contribution in [-0.2, 0) is 12.8 Å². The van der Waals surface area contributed by atoms with Crippen LogP contribution in [0.2, 0.25) is 0 Å². The molecule has 1 N–H and O–H groups in total. The minimum absolute atomic E-state index is 0.403. The molecule has 0 unspecified atom stereocenters. The summed E-state index contributed by atoms with van der Waals surface area (Å²) in [6.45, 7) is 0. The Hall–Kier alpha value is -1.76. The van der Waals surface area contributed by atoms with E-state index in [1.54, 1.807) is 0 Å². The number of rotatable bonds is 4. The third kappa shape index (κ3) is 2.56. The second-order valence-corrected chi connectivity index (χ2v) is 5.14. The van der Waals surface area contributed by atoms with Gasteiger partial charge < -0.3 is 5.11 Å². The summed E-state index contributed by atoms with van der Waals surface area (Å²) in [7, 11) is 0. The van der Waals surface area contributed by atoms with E-state index in [9.17, 15) is 5.11 Å². The second kappa shape index (κ2) is 4.85. The molecule has 0 atom stereocenters. The lowest BCUT2D eigenvalue weighted by Crippen LogP contribution is -1.96. The van der Waals surface area contributed by atoms with Crippen molar-refractivity contribution < 1.29 is 5.11 Å². The number of benzene rings is 2. The number of aromatic hydroxyl groups is 1. The molecule has 1 saturated carbocycles. The fourth-order valence-corrected chi connectivity index (χ4v) is 2.51. The molecule has 1 nitrogen and oxygen atoms in total. The van der Waals surface area contributed by atoms with Crippen LogP contribution < -0.4 is 0 Å². The van der Waals surface area contributed by atoms with Crippen molar-refractivity contribution in [2.75, 3.05) is 0 Å². The van der Waals surface area contributed by atoms with Gasteiger partial charge in [0.1, 0.15) is 5.75 Å². The molecule has 0 heterocycles. The smallest absolute Gasteiger partial charge is 0.115 e. The van der Waals surface area contributed by atoms with Crippen molar-refractivity contribution in [3.05, 3.63) is 65.2 Å². The number of phenols is 1. The first-order valence-electron chi connectivity index (χ1n) is 6.68. The quantitative estimate of drug-likeness (QED) is 0.851. The van der Waals surface area contributed by atoms with Gasteiger partial charge in [-0.2, -0.15) is 0 Å². The van der Waals surface area contributed by atoms with E-state index < -0.39 is 0 Å². The third-order valence-corrected chi connectivity index (χ3v) is 3.67. The summed E-state index contributed by atoms with van der Waals surface area (Å²) in [5.74, 6) is 1.10. The summed E-state index contributed by atoms with van der Waals surface area (Å²) in [4.78, 5) is 0. The average Bonchev–Trinajstić information content (AvgIpc) is 3.23. The number of aryl methyl sites for hydroxylation is 2. The standard InChI is InChI=1S/C17H18O/c18-16-11-10-14(17(12-16)15-8-9-15)7-6-13-4-2-1-3-5-13/h1-5,10-12,15,18H,6-9H2. The summed E-state index contributed by atoms with van der Waals surface area (Å²) < 4.78 is 0. The lowest BCUT2D eigenvalue weighted by Gasteiger charge is -2.09. The number of hydrogen-bond acceptors (Lipinski definition) is 1. The van der Waals surface area contributed by atoms with Crippen molar-refractivity contribution in [2.45, 2.75) is 31.6 Å². The monoisotopic (exact) mass is 238 g/mol. The van der Waals surface area contributed by atoms with Gasteiger partial charge in [-0.3, -0.25) is 0 Å². The lowest BCUT2D eigenvalue weighted by atomic mass is 9.97. The Morgan fingerprint density at radius 1 is 0.944 bits per heavy atom. The Labute approximate surface area is 108 Å². The lowest BCUT2D eigenvalue weighted by molar-refractivity contribution is 0.474. The Morgan fingerprint density at radius 2 is 1.72 bits per heavy atom. The minimum atomic E-state index is 0.403. The Bertz CT molecular complexity index is 527. The number of phenolic OH excluding ortho intramolecular Hbond substituents is 1. The minimum Gasteiger partial charge on any atom is -0.508 e. The van der Waals surface area contributed by atoms with E-state index >= 15 is 0 Å². The van der Waals surface area contributed by atoms with E-state index in [4.69, 9.17) is 0 Å². The van der Waals surface area contributed by atoms with E-state index in [2.05, 4.69) is 36.4 Å². The van der Waals surface area contributed by atoms with Crippen LogP contribution in [-0.4, -0.2) is 5.11 Å². The molecule has 0 amide bonds. The van der Waals surface area contributed by atoms with Gasteiger partial charge in [0.25, 0.3) is 0 Å². The van der Waals surface area contributed by atoms with E-state index in [1.807, 2.05) is 12.1 Å². The van der Waals surface area contributed by atoms with Gasteiger partial charge in [0, 0.05) is 0 Å². The zero-order chi connectivity index (χ0) is 12.4. The van der Waals surface area contributed by atoms with Gasteiger partial charge in [0.2, 0.25) is 0 Å². The van der Waals surface area contributed by atoms with E-state index in [0.29, 0.717) is 11.7 Å². The molecule has 92 valence electrons. The highest BCUT2D eigenvalue weighted by Gasteiger charge is 2.26. The first kappa shape index (κ1) is 11.3. The van der Waals surface area contributed by atoms with Crippen molar-refractivity contribution in [1.29, 1.82) is 0 Å². The normalized spacial score (nSPS) is 14.7. The first-order chi connectivity index (χ1) is 8.83. The van der Waals surface area contributed by atoms with Crippen LogP contribution in [0.15, 0.2) is 48.5 Å². The summed E-state index contributed by atoms with van der Waals surface area (Å²) in [5.41, 5.74) is 4.15. The molecular weight excluding hydrogens is 220 g/mol. The largest absolute Gasteiger partial charge is 0.508 e. The van der Waals surface area contributed by atoms with Gasteiger partial charge in [-0.15, -0.1) is 0 Å². The topological polar surface area (TPSA) is 20.2 Å². The molecule has 0 saturated heterocycles. The van der Waals surface area contributed by atoms with Crippen LogP contribution >= 0.6 is 0 Å². The van der Waals surface area contributed by atoms with Crippen molar-refractivity contribution in [3.8, 4) is 5.75 Å². The number of hydrogen-bond donors (Lipinski definition) is 1. The fourth-order valence-electron chi connectivity index (χ4n) is 2.51. The molecule has 2 aromatic carbocycles. The summed E-state index contributed by atoms with van der Waals surface area (Å²) in [6.07, 6.45) is 4.70.